The zero-order valence-electron chi connectivity index (χ0n) is 12.9. The van der Waals surface area contributed by atoms with Crippen LogP contribution in [0.2, 0.25) is 0 Å². The van der Waals surface area contributed by atoms with Gasteiger partial charge < -0.3 is 5.32 Å². The molecule has 1 atom stereocenters. The van der Waals surface area contributed by atoms with E-state index in [-0.39, 0.29) is 17.6 Å². The molecular weight excluding hydrogens is 283 g/mol. The summed E-state index contributed by atoms with van der Waals surface area (Å²) in [5.41, 5.74) is 0.563. The van der Waals surface area contributed by atoms with Gasteiger partial charge in [-0.25, -0.2) is 14.4 Å². The van der Waals surface area contributed by atoms with Crippen LogP contribution in [0, 0.1) is 23.2 Å². The zero-order valence-corrected chi connectivity index (χ0v) is 12.9. The Hall–Kier alpha value is -2.29. The topological polar surface area (TPSA) is 59.4 Å². The van der Waals surface area contributed by atoms with E-state index in [9.17, 15) is 9.18 Å². The maximum Gasteiger partial charge on any atom is 0.264 e. The zero-order chi connectivity index (χ0) is 16.1. The van der Waals surface area contributed by atoms with Crippen molar-refractivity contribution in [1.82, 2.24) is 10.0 Å². The van der Waals surface area contributed by atoms with Crippen LogP contribution in [0.4, 0.5) is 10.1 Å². The second-order valence-corrected chi connectivity index (χ2v) is 5.77. The Bertz CT molecular complexity index is 570. The lowest BCUT2D eigenvalue weighted by molar-refractivity contribution is -0.148. The predicted octanol–water partition coefficient (Wildman–Crippen LogP) is 2.58. The lowest BCUT2D eigenvalue weighted by atomic mass is 10.0. The Labute approximate surface area is 130 Å². The second-order valence-electron chi connectivity index (χ2n) is 5.77. The Morgan fingerprint density at radius 3 is 2.73 bits per heavy atom. The van der Waals surface area contributed by atoms with Crippen molar-refractivity contribution in [2.75, 3.05) is 18.4 Å². The van der Waals surface area contributed by atoms with Crippen LogP contribution in [0.25, 0.3) is 0 Å². The highest BCUT2D eigenvalue weighted by molar-refractivity contribution is 5.84. The Kier molecular flexibility index (Phi) is 5.21. The summed E-state index contributed by atoms with van der Waals surface area (Å²) in [4.78, 5) is 12.8. The fourth-order valence-electron chi connectivity index (χ4n) is 2.53. The number of hydrogen-bond acceptors (Lipinski definition) is 4. The molecule has 1 amide bonds. The van der Waals surface area contributed by atoms with Crippen LogP contribution in [0.3, 0.4) is 0 Å². The summed E-state index contributed by atoms with van der Waals surface area (Å²) >= 11 is 0. The van der Waals surface area contributed by atoms with Gasteiger partial charge in [-0.05, 0) is 37.0 Å². The molecule has 1 aromatic rings. The normalized spacial score (nSPS) is 16.3. The number of hydrazine groups is 1. The summed E-state index contributed by atoms with van der Waals surface area (Å²) in [7, 11) is 0. The van der Waals surface area contributed by atoms with E-state index >= 15 is 0 Å². The number of halogens is 1. The first kappa shape index (κ1) is 16.1. The molecule has 22 heavy (non-hydrogen) atoms. The number of anilines is 1. The summed E-state index contributed by atoms with van der Waals surface area (Å²) in [6, 6.07) is 5.54. The van der Waals surface area contributed by atoms with Crippen molar-refractivity contribution in [3.05, 3.63) is 30.1 Å². The first-order valence-corrected chi connectivity index (χ1v) is 7.53. The smallest absolute Gasteiger partial charge is 0.264 e. The molecule has 0 spiro atoms. The van der Waals surface area contributed by atoms with Crippen molar-refractivity contribution >= 4 is 11.6 Å². The third-order valence-electron chi connectivity index (χ3n) is 3.73. The van der Waals surface area contributed by atoms with Crippen LogP contribution in [0.15, 0.2) is 24.3 Å². The van der Waals surface area contributed by atoms with Crippen LogP contribution >= 0.6 is 0 Å². The monoisotopic (exact) mass is 304 g/mol. The van der Waals surface area contributed by atoms with Gasteiger partial charge in [-0.15, -0.1) is 0 Å². The Morgan fingerprint density at radius 1 is 1.36 bits per heavy atom. The molecule has 1 aliphatic heterocycles. The molecule has 1 fully saturated rings. The van der Waals surface area contributed by atoms with Gasteiger partial charge in [0.2, 0.25) is 0 Å². The molecule has 1 N–H and O–H groups in total. The number of nitriles is 1. The molecule has 0 aliphatic carbocycles. The third kappa shape index (κ3) is 3.67. The van der Waals surface area contributed by atoms with E-state index in [1.54, 1.807) is 12.1 Å². The highest BCUT2D eigenvalue weighted by atomic mass is 19.1. The molecule has 118 valence electrons. The van der Waals surface area contributed by atoms with E-state index in [1.807, 2.05) is 13.8 Å². The quantitative estimate of drug-likeness (QED) is 0.869. The van der Waals surface area contributed by atoms with Crippen molar-refractivity contribution in [3.63, 3.8) is 0 Å². The number of benzene rings is 1. The number of hydrogen-bond donors (Lipinski definition) is 1. The van der Waals surface area contributed by atoms with Gasteiger partial charge in [0.1, 0.15) is 11.9 Å². The molecule has 0 aromatic heterocycles. The minimum Gasteiger partial charge on any atom is -0.373 e. The number of carbonyl (C=O) groups excluding carboxylic acids is 1. The molecule has 5 nitrogen and oxygen atoms in total. The van der Waals surface area contributed by atoms with E-state index in [0.29, 0.717) is 18.8 Å². The SMILES string of the molecule is CC(C)C(Nc1cccc(F)c1)C(=O)N1CCCCN1C#N. The molecule has 0 radical (unpaired) electrons. The first-order chi connectivity index (χ1) is 10.5. The highest BCUT2D eigenvalue weighted by Gasteiger charge is 2.31. The van der Waals surface area contributed by atoms with Crippen molar-refractivity contribution in [3.8, 4) is 6.19 Å². The standard InChI is InChI=1S/C16H21FN4O/c1-12(2)15(19-14-7-5-6-13(17)10-14)16(22)21-9-4-3-8-20(21)11-18/h5-7,10,12,15,19H,3-4,8-9H2,1-2H3. The van der Waals surface area contributed by atoms with Gasteiger partial charge in [-0.3, -0.25) is 4.79 Å². The summed E-state index contributed by atoms with van der Waals surface area (Å²) in [5, 5.41) is 15.2. The molecule has 1 saturated heterocycles. The lowest BCUT2D eigenvalue weighted by Crippen LogP contribution is -2.54. The summed E-state index contributed by atoms with van der Waals surface area (Å²) in [5.74, 6) is -0.490. The number of carbonyl (C=O) groups is 1. The molecule has 0 bridgehead atoms. The van der Waals surface area contributed by atoms with Gasteiger partial charge in [-0.2, -0.15) is 5.26 Å². The molecule has 6 heteroatoms. The fourth-order valence-corrected chi connectivity index (χ4v) is 2.53. The summed E-state index contributed by atoms with van der Waals surface area (Å²) < 4.78 is 13.3. The van der Waals surface area contributed by atoms with Crippen LogP contribution in [0.5, 0.6) is 0 Å². The minimum atomic E-state index is -0.504. The van der Waals surface area contributed by atoms with E-state index in [0.717, 1.165) is 12.8 Å². The van der Waals surface area contributed by atoms with Crippen LogP contribution in [-0.4, -0.2) is 35.1 Å². The van der Waals surface area contributed by atoms with Gasteiger partial charge in [0.05, 0.1) is 6.54 Å². The minimum absolute atomic E-state index is 0.0123. The number of amides is 1. The maximum atomic E-state index is 13.3. The first-order valence-electron chi connectivity index (χ1n) is 7.53. The van der Waals surface area contributed by atoms with Gasteiger partial charge in [0, 0.05) is 12.2 Å². The van der Waals surface area contributed by atoms with Crippen molar-refractivity contribution in [1.29, 1.82) is 5.26 Å². The molecule has 2 rings (SSSR count). The molecule has 1 unspecified atom stereocenters. The van der Waals surface area contributed by atoms with Crippen molar-refractivity contribution in [2.24, 2.45) is 5.92 Å². The summed E-state index contributed by atoms with van der Waals surface area (Å²) in [6.07, 6.45) is 3.84. The van der Waals surface area contributed by atoms with Crippen LogP contribution in [0.1, 0.15) is 26.7 Å². The van der Waals surface area contributed by atoms with E-state index in [2.05, 4.69) is 11.5 Å². The Morgan fingerprint density at radius 2 is 2.09 bits per heavy atom. The van der Waals surface area contributed by atoms with E-state index in [1.165, 1.54) is 22.2 Å². The van der Waals surface area contributed by atoms with Crippen molar-refractivity contribution < 1.29 is 9.18 Å². The lowest BCUT2D eigenvalue weighted by Gasteiger charge is -2.37. The second kappa shape index (κ2) is 7.12. The third-order valence-corrected chi connectivity index (χ3v) is 3.73. The summed E-state index contributed by atoms with van der Waals surface area (Å²) in [6.45, 7) is 4.96. The number of rotatable bonds is 4. The molecule has 1 aliphatic rings. The van der Waals surface area contributed by atoms with Gasteiger partial charge in [0.15, 0.2) is 6.19 Å². The highest BCUT2D eigenvalue weighted by Crippen LogP contribution is 2.19. The van der Waals surface area contributed by atoms with Crippen molar-refractivity contribution in [2.45, 2.75) is 32.7 Å². The average Bonchev–Trinajstić information content (AvgIpc) is 2.51. The predicted molar refractivity (Wildman–Crippen MR) is 81.9 cm³/mol. The van der Waals surface area contributed by atoms with Crippen LogP contribution < -0.4 is 5.32 Å². The molecule has 1 aromatic carbocycles. The average molecular weight is 304 g/mol. The fraction of sp³-hybridized carbons (Fsp3) is 0.500. The molecule has 1 heterocycles. The maximum absolute atomic E-state index is 13.3. The molecular formula is C16H21FN4O. The van der Waals surface area contributed by atoms with Gasteiger partial charge in [0.25, 0.3) is 5.91 Å². The molecule has 0 saturated carbocycles. The van der Waals surface area contributed by atoms with Crippen LogP contribution in [-0.2, 0) is 4.79 Å². The number of nitrogens with one attached hydrogen (secondary N) is 1. The number of nitrogens with zero attached hydrogens (tertiary/aromatic N) is 3. The van der Waals surface area contributed by atoms with Gasteiger partial charge in [-0.1, -0.05) is 19.9 Å². The largest absolute Gasteiger partial charge is 0.373 e. The van der Waals surface area contributed by atoms with E-state index < -0.39 is 6.04 Å². The Balaban J connectivity index is 2.16. The van der Waals surface area contributed by atoms with Gasteiger partial charge >= 0.3 is 0 Å². The van der Waals surface area contributed by atoms with E-state index in [4.69, 9.17) is 5.26 Å².